The van der Waals surface area contributed by atoms with Gasteiger partial charge >= 0.3 is 0 Å². The Bertz CT molecular complexity index is 745. The Morgan fingerprint density at radius 1 is 1.04 bits per heavy atom. The summed E-state index contributed by atoms with van der Waals surface area (Å²) in [5.41, 5.74) is 1.35. The van der Waals surface area contributed by atoms with Gasteiger partial charge in [-0.15, -0.1) is 0 Å². The molecule has 1 unspecified atom stereocenters. The number of hydrogen-bond acceptors (Lipinski definition) is 3. The number of hydrogen-bond donors (Lipinski definition) is 1. The van der Waals surface area contributed by atoms with Crippen LogP contribution in [0.25, 0.3) is 0 Å². The highest BCUT2D eigenvalue weighted by Gasteiger charge is 2.36. The van der Waals surface area contributed by atoms with Gasteiger partial charge in [0.2, 0.25) is 5.91 Å². The van der Waals surface area contributed by atoms with Crippen LogP contribution in [0.4, 0.5) is 0 Å². The maximum Gasteiger partial charge on any atom is 0.219 e. The SMILES string of the molecule is CC(=O)N1CCC(C(C)(O)c2ccc(Sc3ccc(C)cc3)cc2)CC1. The van der Waals surface area contributed by atoms with Gasteiger partial charge in [0.05, 0.1) is 5.60 Å². The van der Waals surface area contributed by atoms with Crippen LogP contribution in [0.1, 0.15) is 37.8 Å². The zero-order valence-electron chi connectivity index (χ0n) is 15.7. The van der Waals surface area contributed by atoms with Gasteiger partial charge < -0.3 is 10.0 Å². The van der Waals surface area contributed by atoms with Crippen molar-refractivity contribution in [2.24, 2.45) is 5.92 Å². The van der Waals surface area contributed by atoms with E-state index in [-0.39, 0.29) is 11.8 Å². The van der Waals surface area contributed by atoms with Crippen LogP contribution in [0, 0.1) is 12.8 Å². The summed E-state index contributed by atoms with van der Waals surface area (Å²) < 4.78 is 0. The Morgan fingerprint density at radius 3 is 2.04 bits per heavy atom. The van der Waals surface area contributed by atoms with Crippen LogP contribution in [0.2, 0.25) is 0 Å². The molecule has 138 valence electrons. The first kappa shape index (κ1) is 19.0. The van der Waals surface area contributed by atoms with E-state index in [1.54, 1.807) is 18.7 Å². The molecule has 1 saturated heterocycles. The number of nitrogens with zero attached hydrogens (tertiary/aromatic N) is 1. The Balaban J connectivity index is 1.67. The lowest BCUT2D eigenvalue weighted by molar-refractivity contribution is -0.132. The molecule has 2 aromatic carbocycles. The van der Waals surface area contributed by atoms with Crippen LogP contribution >= 0.6 is 11.8 Å². The molecule has 0 aromatic heterocycles. The number of piperidine rings is 1. The lowest BCUT2D eigenvalue weighted by atomic mass is 9.77. The van der Waals surface area contributed by atoms with Crippen molar-refractivity contribution in [2.45, 2.75) is 49.0 Å². The summed E-state index contributed by atoms with van der Waals surface area (Å²) in [4.78, 5) is 15.7. The minimum absolute atomic E-state index is 0.126. The number of carbonyl (C=O) groups is 1. The van der Waals surface area contributed by atoms with Crippen molar-refractivity contribution in [3.63, 3.8) is 0 Å². The van der Waals surface area contributed by atoms with Crippen molar-refractivity contribution >= 4 is 17.7 Å². The molecule has 1 aliphatic rings. The van der Waals surface area contributed by atoms with Gasteiger partial charge in [-0.05, 0) is 62.4 Å². The summed E-state index contributed by atoms with van der Waals surface area (Å²) in [6.07, 6.45) is 1.68. The Hall–Kier alpha value is -1.78. The summed E-state index contributed by atoms with van der Waals surface area (Å²) >= 11 is 1.73. The van der Waals surface area contributed by atoms with Crippen molar-refractivity contribution in [1.82, 2.24) is 4.90 Å². The van der Waals surface area contributed by atoms with Crippen LogP contribution in [-0.4, -0.2) is 29.0 Å². The number of likely N-dealkylation sites (tertiary alicyclic amines) is 1. The van der Waals surface area contributed by atoms with Gasteiger partial charge in [-0.2, -0.15) is 0 Å². The van der Waals surface area contributed by atoms with Crippen LogP contribution in [-0.2, 0) is 10.4 Å². The summed E-state index contributed by atoms with van der Waals surface area (Å²) in [6.45, 7) is 7.08. The fourth-order valence-corrected chi connectivity index (χ4v) is 4.41. The lowest BCUT2D eigenvalue weighted by Gasteiger charge is -2.39. The minimum Gasteiger partial charge on any atom is -0.385 e. The highest BCUT2D eigenvalue weighted by atomic mass is 32.2. The molecule has 1 heterocycles. The van der Waals surface area contributed by atoms with Crippen molar-refractivity contribution in [3.05, 3.63) is 59.7 Å². The molecular weight excluding hydrogens is 342 g/mol. The second kappa shape index (κ2) is 7.85. The molecule has 1 fully saturated rings. The maximum atomic E-state index is 11.5. The van der Waals surface area contributed by atoms with Crippen LogP contribution in [0.5, 0.6) is 0 Å². The first-order valence-corrected chi connectivity index (χ1v) is 10.0. The molecule has 4 heteroatoms. The van der Waals surface area contributed by atoms with Crippen LogP contribution in [0.3, 0.4) is 0 Å². The number of carbonyl (C=O) groups excluding carboxylic acids is 1. The minimum atomic E-state index is -0.865. The molecule has 0 bridgehead atoms. The molecule has 0 saturated carbocycles. The topological polar surface area (TPSA) is 40.5 Å². The average molecular weight is 370 g/mol. The van der Waals surface area contributed by atoms with Gasteiger partial charge in [0, 0.05) is 29.8 Å². The first-order chi connectivity index (χ1) is 12.4. The zero-order valence-corrected chi connectivity index (χ0v) is 16.6. The van der Waals surface area contributed by atoms with Crippen molar-refractivity contribution in [2.75, 3.05) is 13.1 Å². The van der Waals surface area contributed by atoms with E-state index in [4.69, 9.17) is 0 Å². The third-order valence-corrected chi connectivity index (χ3v) is 6.45. The second-order valence-electron chi connectivity index (χ2n) is 7.37. The molecule has 1 atom stereocenters. The Kier molecular flexibility index (Phi) is 5.73. The molecule has 0 spiro atoms. The maximum absolute atomic E-state index is 11.5. The molecule has 1 amide bonds. The van der Waals surface area contributed by atoms with Gasteiger partial charge in [0.1, 0.15) is 0 Å². The predicted octanol–water partition coefficient (Wildman–Crippen LogP) is 4.61. The predicted molar refractivity (Wildman–Crippen MR) is 106 cm³/mol. The molecular formula is C22H27NO2S. The Labute approximate surface area is 160 Å². The highest BCUT2D eigenvalue weighted by molar-refractivity contribution is 7.99. The lowest BCUT2D eigenvalue weighted by Crippen LogP contribution is -2.43. The third-order valence-electron chi connectivity index (χ3n) is 5.43. The summed E-state index contributed by atoms with van der Waals surface area (Å²) in [5.74, 6) is 0.300. The molecule has 0 aliphatic carbocycles. The van der Waals surface area contributed by atoms with Crippen molar-refractivity contribution < 1.29 is 9.90 Å². The van der Waals surface area contributed by atoms with Gasteiger partial charge in [-0.1, -0.05) is 41.6 Å². The molecule has 2 aromatic rings. The fourth-order valence-electron chi connectivity index (χ4n) is 3.59. The van der Waals surface area contributed by atoms with Gasteiger partial charge in [-0.3, -0.25) is 4.79 Å². The summed E-state index contributed by atoms with van der Waals surface area (Å²) in [7, 11) is 0. The number of aliphatic hydroxyl groups is 1. The van der Waals surface area contributed by atoms with E-state index >= 15 is 0 Å². The molecule has 3 rings (SSSR count). The number of benzene rings is 2. The van der Waals surface area contributed by atoms with Crippen molar-refractivity contribution in [3.8, 4) is 0 Å². The first-order valence-electron chi connectivity index (χ1n) is 9.19. The standard InChI is InChI=1S/C22H27NO2S/c1-16-4-8-20(9-5-16)26-21-10-6-18(7-11-21)22(3,25)19-12-14-23(15-13-19)17(2)24/h4-11,19,25H,12-15H2,1-3H3. The molecule has 3 nitrogen and oxygen atoms in total. The molecule has 1 aliphatic heterocycles. The number of amides is 1. The monoisotopic (exact) mass is 369 g/mol. The summed E-state index contributed by atoms with van der Waals surface area (Å²) in [5, 5.41) is 11.1. The normalized spacial score (nSPS) is 17.8. The molecule has 26 heavy (non-hydrogen) atoms. The molecule has 1 N–H and O–H groups in total. The highest BCUT2D eigenvalue weighted by Crippen LogP contribution is 2.37. The van der Waals surface area contributed by atoms with Gasteiger partial charge in [-0.25, -0.2) is 0 Å². The second-order valence-corrected chi connectivity index (χ2v) is 8.51. The number of rotatable bonds is 4. The van der Waals surface area contributed by atoms with Gasteiger partial charge in [0.25, 0.3) is 0 Å². The van der Waals surface area contributed by atoms with E-state index in [0.29, 0.717) is 0 Å². The van der Waals surface area contributed by atoms with E-state index in [9.17, 15) is 9.90 Å². The number of aryl methyl sites for hydroxylation is 1. The fraction of sp³-hybridized carbons (Fsp3) is 0.409. The van der Waals surface area contributed by atoms with E-state index < -0.39 is 5.60 Å². The largest absolute Gasteiger partial charge is 0.385 e. The van der Waals surface area contributed by atoms with Crippen LogP contribution < -0.4 is 0 Å². The van der Waals surface area contributed by atoms with E-state index in [0.717, 1.165) is 31.5 Å². The smallest absolute Gasteiger partial charge is 0.219 e. The van der Waals surface area contributed by atoms with Crippen LogP contribution in [0.15, 0.2) is 58.3 Å². The zero-order chi connectivity index (χ0) is 18.7. The third kappa shape index (κ3) is 4.30. The van der Waals surface area contributed by atoms with E-state index in [1.165, 1.54) is 15.4 Å². The summed E-state index contributed by atoms with van der Waals surface area (Å²) in [6, 6.07) is 16.7. The van der Waals surface area contributed by atoms with Crippen molar-refractivity contribution in [1.29, 1.82) is 0 Å². The molecule has 0 radical (unpaired) electrons. The van der Waals surface area contributed by atoms with E-state index in [2.05, 4.69) is 43.3 Å². The van der Waals surface area contributed by atoms with Gasteiger partial charge in [0.15, 0.2) is 0 Å². The Morgan fingerprint density at radius 2 is 1.54 bits per heavy atom. The average Bonchev–Trinajstić information content (AvgIpc) is 2.64. The quantitative estimate of drug-likeness (QED) is 0.855. The van der Waals surface area contributed by atoms with E-state index in [1.807, 2.05) is 24.0 Å².